The van der Waals surface area contributed by atoms with Gasteiger partial charge in [-0.15, -0.1) is 6.58 Å². The van der Waals surface area contributed by atoms with Crippen molar-refractivity contribution in [1.29, 1.82) is 0 Å². The van der Waals surface area contributed by atoms with Crippen molar-refractivity contribution in [3.63, 3.8) is 0 Å². The molecule has 9 rings (SSSR count). The van der Waals surface area contributed by atoms with Gasteiger partial charge in [-0.2, -0.15) is 0 Å². The molecule has 0 saturated heterocycles. The molecular weight excluding hydrogens is 807 g/mol. The summed E-state index contributed by atoms with van der Waals surface area (Å²) in [6, 6.07) is 51.9. The molecule has 318 valence electrons. The molecule has 8 aromatic rings. The van der Waals surface area contributed by atoms with Crippen LogP contribution >= 0.6 is 16.2 Å². The Kier molecular flexibility index (Phi) is 16.0. The maximum Gasteiger partial charge on any atom is 0.387 e. The van der Waals surface area contributed by atoms with Crippen LogP contribution in [-0.2, 0) is 19.3 Å². The van der Waals surface area contributed by atoms with Gasteiger partial charge in [-0.05, 0) is 114 Å². The Morgan fingerprint density at radius 1 is 0.683 bits per heavy atom. The first kappa shape index (κ1) is 45.1. The van der Waals surface area contributed by atoms with E-state index in [2.05, 4.69) is 196 Å². The monoisotopic (exact) mass is 864 g/mol. The van der Waals surface area contributed by atoms with E-state index in [4.69, 9.17) is 12.9 Å². The van der Waals surface area contributed by atoms with Gasteiger partial charge in [0.25, 0.3) is 0 Å². The zero-order chi connectivity index (χ0) is 44.0. The van der Waals surface area contributed by atoms with E-state index in [0.29, 0.717) is 0 Å². The summed E-state index contributed by atoms with van der Waals surface area (Å²) in [6.45, 7) is 14.1. The lowest BCUT2D eigenvalue weighted by Gasteiger charge is -2.26. The lowest BCUT2D eigenvalue weighted by Crippen LogP contribution is -2.25. The van der Waals surface area contributed by atoms with Crippen LogP contribution in [0.15, 0.2) is 215 Å². The number of hydrogen-bond donors (Lipinski definition) is 0. The van der Waals surface area contributed by atoms with Gasteiger partial charge in [-0.25, -0.2) is 0 Å². The van der Waals surface area contributed by atoms with Crippen molar-refractivity contribution in [2.24, 2.45) is 0 Å². The van der Waals surface area contributed by atoms with Gasteiger partial charge in [0, 0.05) is 10.8 Å². The molecule has 1 atom stereocenters. The molecule has 63 heavy (non-hydrogen) atoms. The Morgan fingerprint density at radius 3 is 1.81 bits per heavy atom. The van der Waals surface area contributed by atoms with Gasteiger partial charge in [0.2, 0.25) is 0 Å². The second kappa shape index (κ2) is 22.4. The molecule has 1 unspecified atom stereocenters. The van der Waals surface area contributed by atoms with E-state index < -0.39 is 16.2 Å². The Hall–Kier alpha value is -5.95. The molecule has 0 bridgehead atoms. The van der Waals surface area contributed by atoms with Crippen molar-refractivity contribution < 1.29 is 12.9 Å². The average molecular weight is 865 g/mol. The van der Waals surface area contributed by atoms with Crippen LogP contribution in [0.2, 0.25) is 0 Å². The summed E-state index contributed by atoms with van der Waals surface area (Å²) in [5.41, 5.74) is 7.56. The minimum Gasteiger partial charge on any atom is -0.399 e. The summed E-state index contributed by atoms with van der Waals surface area (Å²) >= 11 is 0. The van der Waals surface area contributed by atoms with E-state index in [1.165, 1.54) is 38.2 Å². The van der Waals surface area contributed by atoms with Crippen LogP contribution in [0, 0.1) is 0 Å². The number of allylic oxidation sites excluding steroid dienone is 8. The van der Waals surface area contributed by atoms with Crippen molar-refractivity contribution in [2.75, 3.05) is 0 Å². The van der Waals surface area contributed by atoms with E-state index in [1.54, 1.807) is 6.08 Å². The summed E-state index contributed by atoms with van der Waals surface area (Å²) in [5, 5.41) is 11.0. The molecule has 1 aromatic heterocycles. The summed E-state index contributed by atoms with van der Waals surface area (Å²) in [7, 11) is -2.23. The van der Waals surface area contributed by atoms with E-state index in [1.807, 2.05) is 32.9 Å². The van der Waals surface area contributed by atoms with E-state index >= 15 is 0 Å². The highest BCUT2D eigenvalue weighted by molar-refractivity contribution is 7.79. The summed E-state index contributed by atoms with van der Waals surface area (Å²) in [4.78, 5) is 0. The normalized spacial score (nSPS) is 12.8. The molecule has 0 fully saturated rings. The number of benzene rings is 7. The van der Waals surface area contributed by atoms with E-state index in [9.17, 15) is 0 Å². The van der Waals surface area contributed by atoms with Crippen LogP contribution in [0.25, 0.3) is 43.5 Å². The highest BCUT2D eigenvalue weighted by Gasteiger charge is 2.23. The van der Waals surface area contributed by atoms with Crippen LogP contribution in [0.3, 0.4) is 0 Å². The molecule has 0 amide bonds. The molecule has 1 aliphatic rings. The highest BCUT2D eigenvalue weighted by Crippen LogP contribution is 2.41. The van der Waals surface area contributed by atoms with Gasteiger partial charge in [-0.1, -0.05) is 208 Å². The quantitative estimate of drug-likeness (QED) is 0.0960. The van der Waals surface area contributed by atoms with Crippen LogP contribution in [0.1, 0.15) is 57.7 Å². The predicted octanol–water partition coefficient (Wildman–Crippen LogP) is 15.7. The summed E-state index contributed by atoms with van der Waals surface area (Å²) in [6.07, 6.45) is 21.2. The third-order valence-corrected chi connectivity index (χ3v) is 14.9. The molecule has 1 aliphatic carbocycles. The fraction of sp³-hybridized carbons (Fsp3) is 0.172. The number of fused-ring (bicyclic) bond motifs is 7. The van der Waals surface area contributed by atoms with Crippen LogP contribution in [-0.4, -0.2) is 6.10 Å². The fourth-order valence-electron chi connectivity index (χ4n) is 8.15. The summed E-state index contributed by atoms with van der Waals surface area (Å²) < 4.78 is 18.4. The van der Waals surface area contributed by atoms with Crippen LogP contribution < -0.4 is 20.4 Å². The van der Waals surface area contributed by atoms with Crippen molar-refractivity contribution in [1.82, 2.24) is 0 Å². The molecular formula is C58H58O3P2. The molecule has 0 aliphatic heterocycles. The maximum atomic E-state index is 6.24. The van der Waals surface area contributed by atoms with Crippen molar-refractivity contribution in [2.45, 2.75) is 66.4 Å². The molecule has 5 heteroatoms. The van der Waals surface area contributed by atoms with Gasteiger partial charge < -0.3 is 8.39 Å². The first-order valence-corrected chi connectivity index (χ1v) is 24.7. The topological polar surface area (TPSA) is 35.5 Å². The minimum absolute atomic E-state index is 0.169. The molecule has 0 N–H and O–H groups in total. The molecule has 3 nitrogen and oxygen atoms in total. The minimum atomic E-state index is -1.60. The molecule has 0 spiro atoms. The zero-order valence-corrected chi connectivity index (χ0v) is 39.0. The maximum absolute atomic E-state index is 6.24. The van der Waals surface area contributed by atoms with Gasteiger partial charge in [0.1, 0.15) is 11.2 Å². The van der Waals surface area contributed by atoms with Crippen molar-refractivity contribution in [3.8, 4) is 0 Å². The average Bonchev–Trinajstić information content (AvgIpc) is 3.70. The predicted molar refractivity (Wildman–Crippen MR) is 277 cm³/mol. The Balaban J connectivity index is 0.000000184. The summed E-state index contributed by atoms with van der Waals surface area (Å²) in [5.74, 6) is 0. The van der Waals surface area contributed by atoms with Crippen molar-refractivity contribution >= 4 is 75.6 Å². The SMILES string of the molecule is C/C=C\Cc1ccc(P(c2ccccc2)c2ccccc2)c(CC2=CC=CC=CC2)c1CC.C=CC(C)Op1oc2ccc3ccccc3c2c2c(ccc3ccccc32)o1.CC. The Labute approximate surface area is 376 Å². The van der Waals surface area contributed by atoms with Crippen LogP contribution in [0.4, 0.5) is 0 Å². The second-order valence-corrected chi connectivity index (χ2v) is 18.3. The van der Waals surface area contributed by atoms with E-state index in [-0.39, 0.29) is 6.10 Å². The highest BCUT2D eigenvalue weighted by atomic mass is 31.1. The molecule has 1 heterocycles. The Bertz CT molecular complexity index is 2820. The third-order valence-electron chi connectivity index (χ3n) is 11.1. The number of hydrogen-bond acceptors (Lipinski definition) is 3. The largest absolute Gasteiger partial charge is 0.399 e. The first-order valence-electron chi connectivity index (χ1n) is 22.2. The third kappa shape index (κ3) is 10.6. The molecule has 0 radical (unpaired) electrons. The van der Waals surface area contributed by atoms with Gasteiger partial charge in [0.05, 0.1) is 6.10 Å². The Morgan fingerprint density at radius 2 is 1.25 bits per heavy atom. The lowest BCUT2D eigenvalue weighted by molar-refractivity contribution is 0.328. The molecule has 0 saturated carbocycles. The van der Waals surface area contributed by atoms with Crippen molar-refractivity contribution in [3.05, 3.63) is 223 Å². The van der Waals surface area contributed by atoms with Gasteiger partial charge in [0.15, 0.2) is 0 Å². The molecule has 7 aromatic carbocycles. The fourth-order valence-corrected chi connectivity index (χ4v) is 11.8. The van der Waals surface area contributed by atoms with Gasteiger partial charge in [-0.3, -0.25) is 4.52 Å². The smallest absolute Gasteiger partial charge is 0.387 e. The lowest BCUT2D eigenvalue weighted by atomic mass is 9.91. The zero-order valence-electron chi connectivity index (χ0n) is 37.2. The number of rotatable bonds is 11. The second-order valence-electron chi connectivity index (χ2n) is 15.1. The first-order chi connectivity index (χ1) is 31.1. The van der Waals surface area contributed by atoms with E-state index in [0.717, 1.165) is 69.2 Å². The van der Waals surface area contributed by atoms with Crippen LogP contribution in [0.5, 0.6) is 0 Å². The standard InChI is InChI=1S/C32H33P.C24H19O3P.C2H6/c1-3-5-18-27-23-24-32(31(30(27)4-2)25-26-16-10-6-7-11-17-26)33(28-19-12-8-13-20-28)29-21-14-9-15-22-29;1-3-16(2)25-28-26-21-14-12-17-8-4-6-10-19(17)23(21)24-20-11-7-5-9-18(20)13-15-22(24)27-28;1-2/h3,5-16,19-24H,4,17-18,25H2,1-2H3;3-16H,1H2,2H3;1-2H3/b5-3-;;. The van der Waals surface area contributed by atoms with Gasteiger partial charge >= 0.3 is 8.24 Å².